The van der Waals surface area contributed by atoms with Crippen LogP contribution >= 0.6 is 0 Å². The zero-order chi connectivity index (χ0) is 12.8. The van der Waals surface area contributed by atoms with Gasteiger partial charge in [0.1, 0.15) is 0 Å². The van der Waals surface area contributed by atoms with Gasteiger partial charge in [0.15, 0.2) is 0 Å². The number of hydrogen-bond donors (Lipinski definition) is 0. The van der Waals surface area contributed by atoms with Crippen LogP contribution in [0.4, 0.5) is 0 Å². The Morgan fingerprint density at radius 2 is 1.61 bits per heavy atom. The third kappa shape index (κ3) is 1.45. The third-order valence-corrected chi connectivity index (χ3v) is 4.19. The van der Waals surface area contributed by atoms with Gasteiger partial charge in [0.2, 0.25) is 0 Å². The fourth-order valence-electron chi connectivity index (χ4n) is 3.44. The van der Waals surface area contributed by atoms with Crippen LogP contribution in [0.5, 0.6) is 0 Å². The highest BCUT2D eigenvalue weighted by molar-refractivity contribution is 5.81. The Balaban J connectivity index is 2.31. The molecule has 0 unspecified atom stereocenters. The monoisotopic (exact) mass is 236 g/mol. The van der Waals surface area contributed by atoms with Gasteiger partial charge in [-0.3, -0.25) is 0 Å². The Labute approximate surface area is 110 Å². The SMILES string of the molecule is CCCc1cccc2c1C(C)(C)c1ccccc1-2. The lowest BCUT2D eigenvalue weighted by molar-refractivity contribution is 0.649. The van der Waals surface area contributed by atoms with Crippen LogP contribution in [0.2, 0.25) is 0 Å². The van der Waals surface area contributed by atoms with E-state index in [9.17, 15) is 0 Å². The smallest absolute Gasteiger partial charge is 0.0161 e. The third-order valence-electron chi connectivity index (χ3n) is 4.19. The Hall–Kier alpha value is -1.56. The normalized spacial score (nSPS) is 15.3. The number of hydrogen-bond acceptors (Lipinski definition) is 0. The van der Waals surface area contributed by atoms with Crippen molar-refractivity contribution in [2.24, 2.45) is 0 Å². The van der Waals surface area contributed by atoms with Crippen molar-refractivity contribution in [2.45, 2.75) is 39.0 Å². The number of fused-ring (bicyclic) bond motifs is 3. The zero-order valence-electron chi connectivity index (χ0n) is 11.5. The van der Waals surface area contributed by atoms with E-state index >= 15 is 0 Å². The molecule has 18 heavy (non-hydrogen) atoms. The molecule has 0 aliphatic heterocycles. The highest BCUT2D eigenvalue weighted by Gasteiger charge is 2.36. The van der Waals surface area contributed by atoms with Crippen molar-refractivity contribution >= 4 is 0 Å². The average molecular weight is 236 g/mol. The highest BCUT2D eigenvalue weighted by Crippen LogP contribution is 2.49. The molecule has 0 spiro atoms. The maximum atomic E-state index is 2.36. The Morgan fingerprint density at radius 1 is 0.889 bits per heavy atom. The molecule has 2 aromatic rings. The molecule has 92 valence electrons. The van der Waals surface area contributed by atoms with E-state index in [1.165, 1.54) is 35.1 Å². The molecule has 0 radical (unpaired) electrons. The van der Waals surface area contributed by atoms with Crippen molar-refractivity contribution < 1.29 is 0 Å². The first kappa shape index (κ1) is 11.5. The van der Waals surface area contributed by atoms with E-state index in [-0.39, 0.29) is 5.41 Å². The predicted octanol–water partition coefficient (Wildman–Crippen LogP) is 4.95. The first-order chi connectivity index (χ1) is 8.66. The van der Waals surface area contributed by atoms with Gasteiger partial charge in [-0.2, -0.15) is 0 Å². The van der Waals surface area contributed by atoms with Crippen LogP contribution < -0.4 is 0 Å². The van der Waals surface area contributed by atoms with Gasteiger partial charge in [0.25, 0.3) is 0 Å². The molecule has 0 bridgehead atoms. The molecular weight excluding hydrogens is 216 g/mol. The summed E-state index contributed by atoms with van der Waals surface area (Å²) in [5.41, 5.74) is 7.57. The molecule has 0 saturated carbocycles. The zero-order valence-corrected chi connectivity index (χ0v) is 11.5. The quantitative estimate of drug-likeness (QED) is 0.692. The van der Waals surface area contributed by atoms with E-state index in [4.69, 9.17) is 0 Å². The number of rotatable bonds is 2. The minimum Gasteiger partial charge on any atom is -0.0651 e. The summed E-state index contributed by atoms with van der Waals surface area (Å²) in [6.45, 7) is 6.97. The lowest BCUT2D eigenvalue weighted by atomic mass is 9.79. The van der Waals surface area contributed by atoms with Gasteiger partial charge in [-0.15, -0.1) is 0 Å². The molecule has 0 saturated heterocycles. The van der Waals surface area contributed by atoms with E-state index in [0.717, 1.165) is 0 Å². The maximum absolute atomic E-state index is 2.36. The summed E-state index contributed by atoms with van der Waals surface area (Å²) in [5.74, 6) is 0. The first-order valence-corrected chi connectivity index (χ1v) is 6.88. The maximum Gasteiger partial charge on any atom is 0.0161 e. The summed E-state index contributed by atoms with van der Waals surface area (Å²) in [6.07, 6.45) is 2.39. The van der Waals surface area contributed by atoms with Crippen LogP contribution in [-0.4, -0.2) is 0 Å². The second kappa shape index (κ2) is 3.98. The first-order valence-electron chi connectivity index (χ1n) is 6.88. The number of benzene rings is 2. The molecule has 0 nitrogen and oxygen atoms in total. The molecule has 0 atom stereocenters. The molecule has 0 heteroatoms. The van der Waals surface area contributed by atoms with E-state index in [2.05, 4.69) is 63.2 Å². The summed E-state index contributed by atoms with van der Waals surface area (Å²) >= 11 is 0. The van der Waals surface area contributed by atoms with Crippen LogP contribution in [0.15, 0.2) is 42.5 Å². The predicted molar refractivity (Wildman–Crippen MR) is 78.0 cm³/mol. The Morgan fingerprint density at radius 3 is 2.39 bits per heavy atom. The molecule has 0 amide bonds. The molecule has 0 aromatic heterocycles. The summed E-state index contributed by atoms with van der Waals surface area (Å²) < 4.78 is 0. The van der Waals surface area contributed by atoms with Gasteiger partial charge >= 0.3 is 0 Å². The van der Waals surface area contributed by atoms with Crippen LogP contribution in [0.3, 0.4) is 0 Å². The van der Waals surface area contributed by atoms with Crippen molar-refractivity contribution in [1.82, 2.24) is 0 Å². The van der Waals surface area contributed by atoms with Gasteiger partial charge in [0, 0.05) is 5.41 Å². The minimum atomic E-state index is 0.150. The molecule has 0 heterocycles. The lowest BCUT2D eigenvalue weighted by Gasteiger charge is -2.24. The van der Waals surface area contributed by atoms with Gasteiger partial charge < -0.3 is 0 Å². The summed E-state index contributed by atoms with van der Waals surface area (Å²) in [5, 5.41) is 0. The van der Waals surface area contributed by atoms with Crippen LogP contribution in [-0.2, 0) is 11.8 Å². The van der Waals surface area contributed by atoms with Gasteiger partial charge in [0.05, 0.1) is 0 Å². The Kier molecular flexibility index (Phi) is 2.55. The minimum absolute atomic E-state index is 0.150. The summed E-state index contributed by atoms with van der Waals surface area (Å²) in [4.78, 5) is 0. The van der Waals surface area contributed by atoms with Crippen molar-refractivity contribution in [3.8, 4) is 11.1 Å². The summed E-state index contributed by atoms with van der Waals surface area (Å²) in [6, 6.07) is 15.6. The van der Waals surface area contributed by atoms with Gasteiger partial charge in [-0.25, -0.2) is 0 Å². The molecule has 3 rings (SSSR count). The summed E-state index contributed by atoms with van der Waals surface area (Å²) in [7, 11) is 0. The number of aryl methyl sites for hydroxylation is 1. The molecule has 0 fully saturated rings. The largest absolute Gasteiger partial charge is 0.0651 e. The fraction of sp³-hybridized carbons (Fsp3) is 0.333. The van der Waals surface area contributed by atoms with E-state index in [0.29, 0.717) is 0 Å². The average Bonchev–Trinajstić information content (AvgIpc) is 2.61. The van der Waals surface area contributed by atoms with Crippen molar-refractivity contribution in [3.05, 3.63) is 59.2 Å². The second-order valence-corrected chi connectivity index (χ2v) is 5.76. The van der Waals surface area contributed by atoms with Crippen LogP contribution in [0.25, 0.3) is 11.1 Å². The molecular formula is C18H20. The standard InChI is InChI=1S/C18H20/c1-4-8-13-9-7-11-15-14-10-5-6-12-16(14)18(2,3)17(13)15/h5-7,9-12H,4,8H2,1-3H3. The topological polar surface area (TPSA) is 0 Å². The molecule has 0 N–H and O–H groups in total. The molecule has 1 aliphatic rings. The fourth-order valence-corrected chi connectivity index (χ4v) is 3.44. The Bertz CT molecular complexity index is 591. The van der Waals surface area contributed by atoms with E-state index < -0.39 is 0 Å². The molecule has 1 aliphatic carbocycles. The lowest BCUT2D eigenvalue weighted by Crippen LogP contribution is -2.17. The van der Waals surface area contributed by atoms with E-state index in [1.54, 1.807) is 5.56 Å². The van der Waals surface area contributed by atoms with Crippen molar-refractivity contribution in [1.29, 1.82) is 0 Å². The van der Waals surface area contributed by atoms with Gasteiger partial charge in [-0.05, 0) is 34.2 Å². The van der Waals surface area contributed by atoms with E-state index in [1.807, 2.05) is 0 Å². The van der Waals surface area contributed by atoms with Crippen LogP contribution in [0, 0.1) is 0 Å². The highest BCUT2D eigenvalue weighted by atomic mass is 14.4. The second-order valence-electron chi connectivity index (χ2n) is 5.76. The van der Waals surface area contributed by atoms with Crippen molar-refractivity contribution in [3.63, 3.8) is 0 Å². The van der Waals surface area contributed by atoms with Gasteiger partial charge in [-0.1, -0.05) is 69.7 Å². The van der Waals surface area contributed by atoms with Crippen molar-refractivity contribution in [2.75, 3.05) is 0 Å². The molecule has 2 aromatic carbocycles. The van der Waals surface area contributed by atoms with Crippen LogP contribution in [0.1, 0.15) is 43.9 Å².